The zero-order valence-corrected chi connectivity index (χ0v) is 17.3. The Morgan fingerprint density at radius 1 is 1.11 bits per heavy atom. The van der Waals surface area contributed by atoms with Gasteiger partial charge in [-0.2, -0.15) is 0 Å². The first-order valence-corrected chi connectivity index (χ1v) is 10.2. The molecule has 0 spiro atoms. The molecule has 1 saturated heterocycles. The Labute approximate surface area is 173 Å². The minimum absolute atomic E-state index is 0.190. The second-order valence-corrected chi connectivity index (χ2v) is 7.71. The quantitative estimate of drug-likeness (QED) is 0.629. The maximum Gasteiger partial charge on any atom is 0.264 e. The van der Waals surface area contributed by atoms with E-state index >= 15 is 0 Å². The lowest BCUT2D eigenvalue weighted by atomic mass is 10.2. The summed E-state index contributed by atoms with van der Waals surface area (Å²) in [6.07, 6.45) is 1.74. The van der Waals surface area contributed by atoms with E-state index in [4.69, 9.17) is 23.2 Å². The lowest BCUT2D eigenvalue weighted by Crippen LogP contribution is -2.21. The molecule has 0 radical (unpaired) electrons. The van der Waals surface area contributed by atoms with E-state index < -0.39 is 0 Å². The van der Waals surface area contributed by atoms with E-state index in [9.17, 15) is 4.79 Å². The molecule has 2 aromatic rings. The highest BCUT2D eigenvalue weighted by atomic mass is 35.5. The molecule has 4 nitrogen and oxygen atoms in total. The normalized spacial score (nSPS) is 16.8. The molecule has 140 valence electrons. The van der Waals surface area contributed by atoms with Gasteiger partial charge in [0.15, 0.2) is 5.17 Å². The van der Waals surface area contributed by atoms with Crippen LogP contribution in [0.4, 0.5) is 11.4 Å². The van der Waals surface area contributed by atoms with Crippen molar-refractivity contribution < 1.29 is 4.79 Å². The molecule has 0 unspecified atom stereocenters. The predicted molar refractivity (Wildman–Crippen MR) is 117 cm³/mol. The molecule has 2 aromatic carbocycles. The number of hydrogen-bond donors (Lipinski definition) is 1. The van der Waals surface area contributed by atoms with Crippen LogP contribution < -0.4 is 10.2 Å². The minimum Gasteiger partial charge on any atom is -0.372 e. The van der Waals surface area contributed by atoms with Crippen molar-refractivity contribution in [3.8, 4) is 0 Å². The molecule has 1 fully saturated rings. The first-order chi connectivity index (χ1) is 13.0. The maximum atomic E-state index is 12.2. The van der Waals surface area contributed by atoms with Crippen LogP contribution in [0.5, 0.6) is 0 Å². The number of hydrogen-bond acceptors (Lipinski definition) is 4. The van der Waals surface area contributed by atoms with E-state index in [1.165, 1.54) is 11.8 Å². The molecule has 0 atom stereocenters. The fraction of sp³-hybridized carbons (Fsp3) is 0.200. The van der Waals surface area contributed by atoms with Crippen molar-refractivity contribution in [2.24, 2.45) is 4.99 Å². The van der Waals surface area contributed by atoms with Gasteiger partial charge < -0.3 is 10.2 Å². The first-order valence-electron chi connectivity index (χ1n) is 8.59. The standard InChI is InChI=1S/C20H19Cl2N3OS/c1-3-25(4-2)16-9-7-15(8-10-16)23-20-24-19(26)18(27-20)11-13-5-6-14(21)12-17(13)22/h5-12H,3-4H2,1-2H3,(H,23,24,26). The average molecular weight is 420 g/mol. The van der Waals surface area contributed by atoms with Gasteiger partial charge >= 0.3 is 0 Å². The smallest absolute Gasteiger partial charge is 0.264 e. The Balaban J connectivity index is 1.77. The van der Waals surface area contributed by atoms with Gasteiger partial charge in [-0.05, 0) is 73.6 Å². The lowest BCUT2D eigenvalue weighted by Gasteiger charge is -2.20. The molecule has 1 N–H and O–H groups in total. The number of rotatable bonds is 5. The average Bonchev–Trinajstić information content (AvgIpc) is 2.99. The molecule has 0 aliphatic carbocycles. The van der Waals surface area contributed by atoms with E-state index in [-0.39, 0.29) is 5.91 Å². The van der Waals surface area contributed by atoms with Gasteiger partial charge in [-0.25, -0.2) is 4.99 Å². The zero-order chi connectivity index (χ0) is 19.4. The van der Waals surface area contributed by atoms with E-state index in [2.05, 4.69) is 29.1 Å². The van der Waals surface area contributed by atoms with E-state index in [0.29, 0.717) is 20.1 Å². The molecule has 1 heterocycles. The molecule has 1 aliphatic rings. The van der Waals surface area contributed by atoms with Gasteiger partial charge in [-0.15, -0.1) is 0 Å². The number of carbonyl (C=O) groups is 1. The maximum absolute atomic E-state index is 12.2. The Morgan fingerprint density at radius 2 is 1.81 bits per heavy atom. The largest absolute Gasteiger partial charge is 0.372 e. The molecule has 0 bridgehead atoms. The summed E-state index contributed by atoms with van der Waals surface area (Å²) in [4.78, 5) is 19.5. The SMILES string of the molecule is CCN(CC)c1ccc(N=C2NC(=O)C(=Cc3ccc(Cl)cc3Cl)S2)cc1. The summed E-state index contributed by atoms with van der Waals surface area (Å²) < 4.78 is 0. The van der Waals surface area contributed by atoms with Gasteiger partial charge in [0, 0.05) is 28.8 Å². The summed E-state index contributed by atoms with van der Waals surface area (Å²) >= 11 is 13.4. The highest BCUT2D eigenvalue weighted by Gasteiger charge is 2.24. The lowest BCUT2D eigenvalue weighted by molar-refractivity contribution is -0.115. The number of amides is 1. The third kappa shape index (κ3) is 4.86. The van der Waals surface area contributed by atoms with Gasteiger partial charge in [0.05, 0.1) is 10.6 Å². The molecule has 1 aliphatic heterocycles. The molecule has 27 heavy (non-hydrogen) atoms. The van der Waals surface area contributed by atoms with Gasteiger partial charge in [-0.1, -0.05) is 29.3 Å². The first kappa shape index (κ1) is 19.8. The molecular formula is C20H19Cl2N3OS. The molecule has 3 rings (SSSR count). The summed E-state index contributed by atoms with van der Waals surface area (Å²) in [5.41, 5.74) is 2.69. The van der Waals surface area contributed by atoms with Gasteiger partial charge in [0.25, 0.3) is 5.91 Å². The van der Waals surface area contributed by atoms with Crippen molar-refractivity contribution in [3.63, 3.8) is 0 Å². The Hall–Kier alpha value is -1.95. The van der Waals surface area contributed by atoms with Crippen LogP contribution in [0.15, 0.2) is 52.4 Å². The van der Waals surface area contributed by atoms with E-state index in [0.717, 1.165) is 30.0 Å². The number of thioether (sulfide) groups is 1. The third-order valence-electron chi connectivity index (χ3n) is 4.11. The minimum atomic E-state index is -0.190. The van der Waals surface area contributed by atoms with Crippen molar-refractivity contribution in [2.75, 3.05) is 18.0 Å². The van der Waals surface area contributed by atoms with Crippen molar-refractivity contribution in [1.29, 1.82) is 0 Å². The highest BCUT2D eigenvalue weighted by molar-refractivity contribution is 8.18. The van der Waals surface area contributed by atoms with Crippen LogP contribution in [-0.2, 0) is 4.79 Å². The number of anilines is 1. The summed E-state index contributed by atoms with van der Waals surface area (Å²) in [5, 5.41) is 4.39. The topological polar surface area (TPSA) is 44.7 Å². The number of nitrogens with zero attached hydrogens (tertiary/aromatic N) is 2. The van der Waals surface area contributed by atoms with E-state index in [1.54, 1.807) is 24.3 Å². The van der Waals surface area contributed by atoms with Crippen molar-refractivity contribution in [1.82, 2.24) is 5.32 Å². The fourth-order valence-corrected chi connectivity index (χ4v) is 3.98. The summed E-state index contributed by atoms with van der Waals surface area (Å²) in [6, 6.07) is 13.2. The van der Waals surface area contributed by atoms with Gasteiger partial charge in [0.1, 0.15) is 0 Å². The molecule has 1 amide bonds. The van der Waals surface area contributed by atoms with Crippen LogP contribution in [0.2, 0.25) is 10.0 Å². The number of benzene rings is 2. The van der Waals surface area contributed by atoms with Crippen molar-refractivity contribution >= 4 is 63.5 Å². The Morgan fingerprint density at radius 3 is 2.44 bits per heavy atom. The Kier molecular flexibility index (Phi) is 6.47. The van der Waals surface area contributed by atoms with Crippen molar-refractivity contribution in [2.45, 2.75) is 13.8 Å². The second-order valence-electron chi connectivity index (χ2n) is 5.84. The molecule has 7 heteroatoms. The van der Waals surface area contributed by atoms with Crippen molar-refractivity contribution in [3.05, 3.63) is 63.0 Å². The Bertz CT molecular complexity index is 906. The molecule has 0 aromatic heterocycles. The number of aliphatic imine (C=N–C) groups is 1. The summed E-state index contributed by atoms with van der Waals surface area (Å²) in [7, 11) is 0. The highest BCUT2D eigenvalue weighted by Crippen LogP contribution is 2.31. The molecule has 0 saturated carbocycles. The monoisotopic (exact) mass is 419 g/mol. The summed E-state index contributed by atoms with van der Waals surface area (Å²) in [5.74, 6) is -0.190. The number of carbonyl (C=O) groups excluding carboxylic acids is 1. The second kappa shape index (κ2) is 8.83. The molecular weight excluding hydrogens is 401 g/mol. The summed E-state index contributed by atoms with van der Waals surface area (Å²) in [6.45, 7) is 6.17. The van der Waals surface area contributed by atoms with Gasteiger partial charge in [-0.3, -0.25) is 4.79 Å². The van der Waals surface area contributed by atoms with Crippen LogP contribution >= 0.6 is 35.0 Å². The van der Waals surface area contributed by atoms with Crippen LogP contribution in [-0.4, -0.2) is 24.2 Å². The number of amidine groups is 1. The third-order valence-corrected chi connectivity index (χ3v) is 5.58. The van der Waals surface area contributed by atoms with Crippen LogP contribution in [0.1, 0.15) is 19.4 Å². The number of halogens is 2. The van der Waals surface area contributed by atoms with Crippen LogP contribution in [0, 0.1) is 0 Å². The van der Waals surface area contributed by atoms with Crippen LogP contribution in [0.3, 0.4) is 0 Å². The van der Waals surface area contributed by atoms with E-state index in [1.807, 2.05) is 24.3 Å². The number of nitrogens with one attached hydrogen (secondary N) is 1. The predicted octanol–water partition coefficient (Wildman–Crippen LogP) is 5.73. The fourth-order valence-electron chi connectivity index (χ4n) is 2.68. The van der Waals surface area contributed by atoms with Crippen LogP contribution in [0.25, 0.3) is 6.08 Å². The van der Waals surface area contributed by atoms with Gasteiger partial charge in [0.2, 0.25) is 0 Å². The zero-order valence-electron chi connectivity index (χ0n) is 15.0.